The van der Waals surface area contributed by atoms with Crippen LogP contribution in [-0.4, -0.2) is 131 Å². The molecule has 0 saturated carbocycles. The first-order valence-corrected chi connectivity index (χ1v) is 40.3. The molecule has 1 unspecified atom stereocenters. The Labute approximate surface area is 768 Å². The zero-order valence-corrected chi connectivity index (χ0v) is 73.0. The lowest BCUT2D eigenvalue weighted by Gasteiger charge is -2.08. The second kappa shape index (κ2) is 46.2. The number of fused-ring (bicyclic) bond motifs is 1. The summed E-state index contributed by atoms with van der Waals surface area (Å²) in [5, 5.41) is 16.9. The van der Waals surface area contributed by atoms with E-state index >= 15 is 0 Å². The minimum atomic E-state index is -0.674. The van der Waals surface area contributed by atoms with Crippen molar-refractivity contribution in [2.45, 2.75) is 40.7 Å². The standard InChI is InChI=1S/C12H10N4O.C12H13N3O2.4C10H10N4O.3C9H8N4O/c13-8-4-3-7-16(11(8)17)12-14-9-5-1-2-6-10(9)15-12;1-8(16)10-5-2-6-11(14-10)15-7-3-4-9(13)12(15)17;2*1-7-12-5-4-9(13-7)14-6-2-3-8(11)10(14)15;1-7-4-5-12-10(13-7)14-6-2-3-8(11)9(14)15;1-7-5-13-9(6-12-7)14-4-2-3-8(11)10(14)15;10-7-3-2-6-13(9(7)14)8-4-1-5-11-12-8;10-7-3-1-6-13(8(7)14)9-11-4-2-5-12-9;10-7-2-1-5-13(9(7)14)8-6-11-3-4-12-8/h1-7H,13H2,(H,14,15);2-8,16H,13H2,1H3;4*2-6H,11H2,1H3;3*1-6H,10H2. The second-order valence-corrected chi connectivity index (χ2v) is 28.1. The number of rotatable bonds is 10. The van der Waals surface area contributed by atoms with Crippen LogP contribution in [0.15, 0.2) is 355 Å². The average Bonchev–Trinajstić information content (AvgIpc) is 1.45. The van der Waals surface area contributed by atoms with Gasteiger partial charge in [-0.25, -0.2) is 59.8 Å². The fraction of sp³-hybridized carbons (Fsp3) is 0.0659. The SMILES string of the molecule is CC(O)c1cccc(-n2cccc(N)c2=O)n1.Cc1ccnc(-n2cccc(N)c2=O)n1.Cc1cnc(-n2cccc(N)c2=O)cn1.Cc1nccc(-n2cccc(N)c2=O)n1.Cc1nccc(-n2cccc(N)c2=O)n1.Nc1cccn(-c2cccnn2)c1=O.Nc1cccn(-c2cnccn2)c1=O.Nc1cccn(-c2nc3ccccc3[nH]2)c1=O.Nc1cccn(-c2ncccn2)c1=O. The molecule has 0 amide bonds. The van der Waals surface area contributed by atoms with Gasteiger partial charge in [-0.2, -0.15) is 5.10 Å². The molecular formula is C91H87N35O10. The van der Waals surface area contributed by atoms with E-state index < -0.39 is 6.10 Å². The Hall–Kier alpha value is -19.9. The number of aliphatic hydroxyl groups excluding tert-OH is 1. The highest BCUT2D eigenvalue weighted by Crippen LogP contribution is 2.16. The van der Waals surface area contributed by atoms with Crippen LogP contribution in [0.3, 0.4) is 0 Å². The van der Waals surface area contributed by atoms with Crippen LogP contribution in [-0.2, 0) is 0 Å². The Bertz CT molecular complexity index is 7410. The number of nitrogen functional groups attached to an aromatic ring is 9. The summed E-state index contributed by atoms with van der Waals surface area (Å²) in [6.45, 7) is 8.82. The van der Waals surface area contributed by atoms with Crippen molar-refractivity contribution in [3.63, 3.8) is 0 Å². The molecule has 0 aliphatic heterocycles. The van der Waals surface area contributed by atoms with E-state index in [0.717, 1.165) is 22.4 Å². The monoisotopic (exact) mass is 1830 g/mol. The Morgan fingerprint density at radius 3 is 1.07 bits per heavy atom. The van der Waals surface area contributed by atoms with E-state index in [4.69, 9.17) is 51.6 Å². The van der Waals surface area contributed by atoms with Crippen molar-refractivity contribution in [2.75, 3.05) is 51.6 Å². The van der Waals surface area contributed by atoms with Gasteiger partial charge in [0, 0.05) is 111 Å². The lowest BCUT2D eigenvalue weighted by Crippen LogP contribution is -2.22. The van der Waals surface area contributed by atoms with E-state index in [1.807, 2.05) is 38.1 Å². The van der Waals surface area contributed by atoms with Gasteiger partial charge in [0.2, 0.25) is 17.8 Å². The number of aromatic nitrogens is 26. The third-order valence-corrected chi connectivity index (χ3v) is 18.2. The Kier molecular flexibility index (Phi) is 32.9. The molecule has 18 aromatic heterocycles. The molecule has 136 heavy (non-hydrogen) atoms. The van der Waals surface area contributed by atoms with Gasteiger partial charge in [0.05, 0.1) is 98.3 Å². The summed E-state index contributed by atoms with van der Waals surface area (Å²) < 4.78 is 12.2. The van der Waals surface area contributed by atoms with Crippen LogP contribution in [0.25, 0.3) is 63.8 Å². The molecule has 0 spiro atoms. The summed E-state index contributed by atoms with van der Waals surface area (Å²) in [6, 6.07) is 52.1. The van der Waals surface area contributed by atoms with Gasteiger partial charge in [0.1, 0.15) is 29.1 Å². The van der Waals surface area contributed by atoms with Crippen LogP contribution < -0.4 is 102 Å². The zero-order valence-electron chi connectivity index (χ0n) is 73.0. The lowest BCUT2D eigenvalue weighted by atomic mass is 10.2. The molecule has 45 heteroatoms. The van der Waals surface area contributed by atoms with Crippen LogP contribution in [0.5, 0.6) is 0 Å². The topological polar surface area (TPSA) is 674 Å². The van der Waals surface area contributed by atoms with E-state index in [1.54, 1.807) is 284 Å². The molecule has 0 saturated heterocycles. The van der Waals surface area contributed by atoms with Gasteiger partial charge in [0.15, 0.2) is 17.5 Å². The third kappa shape index (κ3) is 25.5. The van der Waals surface area contributed by atoms with Gasteiger partial charge in [-0.3, -0.25) is 94.2 Å². The minimum absolute atomic E-state index is 0.164. The smallest absolute Gasteiger partial charge is 0.280 e. The molecule has 0 aliphatic rings. The molecule has 1 atom stereocenters. The lowest BCUT2D eigenvalue weighted by molar-refractivity contribution is 0.194. The second-order valence-electron chi connectivity index (χ2n) is 28.1. The van der Waals surface area contributed by atoms with Crippen molar-refractivity contribution in [1.29, 1.82) is 0 Å². The fourth-order valence-electron chi connectivity index (χ4n) is 11.5. The molecule has 0 radical (unpaired) electrons. The van der Waals surface area contributed by atoms with Crippen LogP contribution in [0.4, 0.5) is 51.2 Å². The quantitative estimate of drug-likeness (QED) is 0.0870. The first-order chi connectivity index (χ1) is 65.4. The summed E-state index contributed by atoms with van der Waals surface area (Å²) in [4.78, 5) is 165. The van der Waals surface area contributed by atoms with Gasteiger partial charge < -0.3 is 61.7 Å². The average molecular weight is 1830 g/mol. The molecule has 19 rings (SSSR count). The summed E-state index contributed by atoms with van der Waals surface area (Å²) >= 11 is 0. The number of imidazole rings is 1. The number of benzene rings is 1. The zero-order chi connectivity index (χ0) is 97.5. The van der Waals surface area contributed by atoms with Crippen molar-refractivity contribution in [1.82, 2.24) is 126 Å². The normalized spacial score (nSPS) is 10.5. The van der Waals surface area contributed by atoms with Gasteiger partial charge in [-0.1, -0.05) is 18.2 Å². The Balaban J connectivity index is 0.000000147. The summed E-state index contributed by atoms with van der Waals surface area (Å²) in [5.41, 5.74) is 52.5. The summed E-state index contributed by atoms with van der Waals surface area (Å²) in [6.07, 6.45) is 31.0. The number of nitrogens with two attached hydrogens (primary N) is 9. The van der Waals surface area contributed by atoms with Crippen molar-refractivity contribution in [3.8, 4) is 52.8 Å². The molecule has 20 N–H and O–H groups in total. The molecule has 0 bridgehead atoms. The van der Waals surface area contributed by atoms with E-state index in [9.17, 15) is 48.3 Å². The highest BCUT2D eigenvalue weighted by Gasteiger charge is 2.14. The number of pyridine rings is 10. The highest BCUT2D eigenvalue weighted by atomic mass is 16.3. The van der Waals surface area contributed by atoms with Gasteiger partial charge >= 0.3 is 0 Å². The first kappa shape index (κ1) is 96.7. The van der Waals surface area contributed by atoms with Crippen molar-refractivity contribution < 1.29 is 5.11 Å². The van der Waals surface area contributed by atoms with E-state index in [2.05, 4.69) is 85.0 Å². The summed E-state index contributed by atoms with van der Waals surface area (Å²) in [5.74, 6) is 5.26. The maximum absolute atomic E-state index is 11.8. The first-order valence-electron chi connectivity index (χ1n) is 40.3. The predicted octanol–water partition coefficient (Wildman–Crippen LogP) is 4.87. The van der Waals surface area contributed by atoms with Crippen LogP contribution in [0.2, 0.25) is 0 Å². The van der Waals surface area contributed by atoms with Crippen molar-refractivity contribution in [2.24, 2.45) is 0 Å². The van der Waals surface area contributed by atoms with Crippen LogP contribution >= 0.6 is 0 Å². The molecule has 18 heterocycles. The number of aromatic amines is 1. The molecule has 0 fully saturated rings. The molecular weight excluding hydrogens is 1740 g/mol. The number of aryl methyl sites for hydroxylation is 4. The van der Waals surface area contributed by atoms with E-state index in [-0.39, 0.29) is 101 Å². The number of anilines is 9. The maximum atomic E-state index is 11.8. The van der Waals surface area contributed by atoms with Gasteiger partial charge in [-0.05, 0) is 204 Å². The largest absolute Gasteiger partial charge is 0.394 e. The molecule has 45 nitrogen and oxygen atoms in total. The highest BCUT2D eigenvalue weighted by molar-refractivity contribution is 5.76. The van der Waals surface area contributed by atoms with Crippen LogP contribution in [0, 0.1) is 27.7 Å². The number of nitrogens with zero attached hydrogens (tertiary/aromatic N) is 25. The number of hydrogen-bond donors (Lipinski definition) is 11. The number of H-pyrrole nitrogens is 1. The number of aliphatic hydroxyl groups is 1. The minimum Gasteiger partial charge on any atom is -0.394 e. The third-order valence-electron chi connectivity index (χ3n) is 18.2. The van der Waals surface area contributed by atoms with E-state index in [1.165, 1.54) is 65.8 Å². The van der Waals surface area contributed by atoms with Crippen molar-refractivity contribution in [3.05, 3.63) is 434 Å². The number of para-hydroxylation sites is 2. The number of nitrogens with one attached hydrogen (secondary N) is 1. The van der Waals surface area contributed by atoms with Crippen LogP contribution in [0.1, 0.15) is 41.8 Å². The Morgan fingerprint density at radius 1 is 0.279 bits per heavy atom. The van der Waals surface area contributed by atoms with E-state index in [0.29, 0.717) is 70.1 Å². The molecule has 1 aromatic carbocycles. The maximum Gasteiger partial charge on any atom is 0.280 e. The molecule has 19 aromatic rings. The Morgan fingerprint density at radius 2 is 0.662 bits per heavy atom. The molecule has 686 valence electrons. The summed E-state index contributed by atoms with van der Waals surface area (Å²) in [7, 11) is 0. The van der Waals surface area contributed by atoms with Gasteiger partial charge in [0.25, 0.3) is 50.0 Å². The predicted molar refractivity (Wildman–Crippen MR) is 514 cm³/mol. The number of hydrogen-bond acceptors (Lipinski definition) is 35. The molecule has 0 aliphatic carbocycles. The van der Waals surface area contributed by atoms with Gasteiger partial charge in [-0.15, -0.1) is 5.10 Å². The fourth-order valence-corrected chi connectivity index (χ4v) is 11.5. The van der Waals surface area contributed by atoms with Crippen molar-refractivity contribution >= 4 is 62.2 Å².